The first kappa shape index (κ1) is 13.6. The molecule has 1 unspecified atom stereocenters. The van der Waals surface area contributed by atoms with Crippen molar-refractivity contribution in [3.05, 3.63) is 0 Å². The van der Waals surface area contributed by atoms with Crippen molar-refractivity contribution in [2.24, 2.45) is 5.92 Å². The van der Waals surface area contributed by atoms with Crippen molar-refractivity contribution >= 4 is 6.09 Å². The van der Waals surface area contributed by atoms with Crippen molar-refractivity contribution < 1.29 is 14.3 Å². The molecule has 2 fully saturated rings. The van der Waals surface area contributed by atoms with Gasteiger partial charge in [0.05, 0.1) is 6.61 Å². The Morgan fingerprint density at radius 2 is 2.06 bits per heavy atom. The number of carbonyl (C=O) groups is 1. The van der Waals surface area contributed by atoms with E-state index in [1.165, 1.54) is 12.8 Å². The van der Waals surface area contributed by atoms with Crippen LogP contribution in [-0.4, -0.2) is 57.0 Å². The van der Waals surface area contributed by atoms with Gasteiger partial charge in [0.1, 0.15) is 6.61 Å². The number of nitrogens with zero attached hydrogens (tertiary/aromatic N) is 1. The second kappa shape index (κ2) is 6.95. The standard InChI is InChI=1S/C13H24N2O3/c1-17-9-10-18-13(16)15-8-2-3-12(15)11-4-6-14-7-5-11/h11-12,14H,2-10H2,1H3. The highest BCUT2D eigenvalue weighted by Gasteiger charge is 2.35. The second-order valence-electron chi connectivity index (χ2n) is 5.10. The summed E-state index contributed by atoms with van der Waals surface area (Å²) in [7, 11) is 1.61. The Morgan fingerprint density at radius 1 is 1.28 bits per heavy atom. The van der Waals surface area contributed by atoms with Crippen molar-refractivity contribution in [3.63, 3.8) is 0 Å². The van der Waals surface area contributed by atoms with E-state index in [4.69, 9.17) is 9.47 Å². The van der Waals surface area contributed by atoms with Gasteiger partial charge in [-0.05, 0) is 44.7 Å². The molecule has 18 heavy (non-hydrogen) atoms. The molecule has 1 N–H and O–H groups in total. The van der Waals surface area contributed by atoms with Gasteiger partial charge in [-0.25, -0.2) is 4.79 Å². The zero-order valence-corrected chi connectivity index (χ0v) is 11.2. The van der Waals surface area contributed by atoms with E-state index in [1.54, 1.807) is 7.11 Å². The SMILES string of the molecule is COCCOC(=O)N1CCCC1C1CCNCC1. The third-order valence-corrected chi connectivity index (χ3v) is 3.97. The van der Waals surface area contributed by atoms with Crippen LogP contribution in [0.5, 0.6) is 0 Å². The van der Waals surface area contributed by atoms with Gasteiger partial charge in [0.15, 0.2) is 0 Å². The summed E-state index contributed by atoms with van der Waals surface area (Å²) in [4.78, 5) is 13.9. The fraction of sp³-hybridized carbons (Fsp3) is 0.923. The van der Waals surface area contributed by atoms with Gasteiger partial charge in [0, 0.05) is 19.7 Å². The lowest BCUT2D eigenvalue weighted by Gasteiger charge is -2.33. The molecule has 1 atom stereocenters. The van der Waals surface area contributed by atoms with Crippen LogP contribution >= 0.6 is 0 Å². The number of nitrogens with one attached hydrogen (secondary N) is 1. The lowest BCUT2D eigenvalue weighted by molar-refractivity contribution is 0.0597. The first-order valence-electron chi connectivity index (χ1n) is 6.96. The van der Waals surface area contributed by atoms with Crippen LogP contribution in [0.1, 0.15) is 25.7 Å². The molecule has 0 aromatic heterocycles. The first-order chi connectivity index (χ1) is 8.83. The number of piperidine rings is 1. The smallest absolute Gasteiger partial charge is 0.410 e. The average Bonchev–Trinajstić information content (AvgIpc) is 2.89. The van der Waals surface area contributed by atoms with Crippen LogP contribution in [-0.2, 0) is 9.47 Å². The third-order valence-electron chi connectivity index (χ3n) is 3.97. The zero-order chi connectivity index (χ0) is 12.8. The van der Waals surface area contributed by atoms with Gasteiger partial charge in [-0.15, -0.1) is 0 Å². The molecule has 2 aliphatic rings. The topological polar surface area (TPSA) is 50.8 Å². The van der Waals surface area contributed by atoms with E-state index >= 15 is 0 Å². The molecule has 0 saturated carbocycles. The molecule has 104 valence electrons. The molecule has 0 bridgehead atoms. The maximum Gasteiger partial charge on any atom is 0.410 e. The molecule has 2 heterocycles. The summed E-state index contributed by atoms with van der Waals surface area (Å²) in [5, 5.41) is 3.37. The molecule has 0 aliphatic carbocycles. The molecule has 2 aliphatic heterocycles. The average molecular weight is 256 g/mol. The van der Waals surface area contributed by atoms with Crippen molar-refractivity contribution in [1.82, 2.24) is 10.2 Å². The predicted molar refractivity (Wildman–Crippen MR) is 68.5 cm³/mol. The van der Waals surface area contributed by atoms with E-state index in [0.717, 1.165) is 32.5 Å². The largest absolute Gasteiger partial charge is 0.447 e. The third kappa shape index (κ3) is 3.36. The molecular formula is C13H24N2O3. The minimum atomic E-state index is -0.159. The fourth-order valence-electron chi connectivity index (χ4n) is 3.03. The molecule has 2 rings (SSSR count). The van der Waals surface area contributed by atoms with Gasteiger partial charge in [-0.1, -0.05) is 0 Å². The Morgan fingerprint density at radius 3 is 2.78 bits per heavy atom. The number of carbonyl (C=O) groups excluding carboxylic acids is 1. The minimum absolute atomic E-state index is 0.159. The molecular weight excluding hydrogens is 232 g/mol. The first-order valence-corrected chi connectivity index (χ1v) is 6.96. The van der Waals surface area contributed by atoms with Crippen LogP contribution in [0.15, 0.2) is 0 Å². The van der Waals surface area contributed by atoms with E-state index in [-0.39, 0.29) is 6.09 Å². The lowest BCUT2D eigenvalue weighted by atomic mass is 9.89. The van der Waals surface area contributed by atoms with Gasteiger partial charge >= 0.3 is 6.09 Å². The van der Waals surface area contributed by atoms with Crippen molar-refractivity contribution in [2.45, 2.75) is 31.7 Å². The summed E-state index contributed by atoms with van der Waals surface area (Å²) in [6.07, 6.45) is 4.42. The molecule has 0 spiro atoms. The molecule has 5 nitrogen and oxygen atoms in total. The van der Waals surface area contributed by atoms with Gasteiger partial charge in [0.2, 0.25) is 0 Å². The molecule has 1 amide bonds. The van der Waals surface area contributed by atoms with E-state index < -0.39 is 0 Å². The number of methoxy groups -OCH3 is 1. The maximum atomic E-state index is 12.0. The minimum Gasteiger partial charge on any atom is -0.447 e. The highest BCUT2D eigenvalue weighted by Crippen LogP contribution is 2.29. The Balaban J connectivity index is 1.84. The highest BCUT2D eigenvalue weighted by molar-refractivity contribution is 5.68. The summed E-state index contributed by atoms with van der Waals surface area (Å²) in [5.74, 6) is 0.642. The van der Waals surface area contributed by atoms with Gasteiger partial charge in [0.25, 0.3) is 0 Å². The normalized spacial score (nSPS) is 25.4. The number of amides is 1. The van der Waals surface area contributed by atoms with Crippen LogP contribution in [0.2, 0.25) is 0 Å². The monoisotopic (exact) mass is 256 g/mol. The number of ether oxygens (including phenoxy) is 2. The molecule has 0 aromatic carbocycles. The molecule has 0 aromatic rings. The summed E-state index contributed by atoms with van der Waals surface area (Å²) in [5.41, 5.74) is 0. The van der Waals surface area contributed by atoms with Crippen LogP contribution in [0, 0.1) is 5.92 Å². The summed E-state index contributed by atoms with van der Waals surface area (Å²) >= 11 is 0. The number of hydrogen-bond donors (Lipinski definition) is 1. The van der Waals surface area contributed by atoms with Crippen LogP contribution in [0.4, 0.5) is 4.79 Å². The fourth-order valence-corrected chi connectivity index (χ4v) is 3.03. The van der Waals surface area contributed by atoms with Crippen molar-refractivity contribution in [1.29, 1.82) is 0 Å². The van der Waals surface area contributed by atoms with E-state index in [9.17, 15) is 4.79 Å². The Hall–Kier alpha value is -0.810. The molecule has 5 heteroatoms. The molecule has 0 radical (unpaired) electrons. The molecule has 2 saturated heterocycles. The van der Waals surface area contributed by atoms with Crippen LogP contribution in [0.3, 0.4) is 0 Å². The number of likely N-dealkylation sites (tertiary alicyclic amines) is 1. The Bertz CT molecular complexity index is 267. The van der Waals surface area contributed by atoms with Crippen LogP contribution < -0.4 is 5.32 Å². The van der Waals surface area contributed by atoms with Crippen molar-refractivity contribution in [2.75, 3.05) is 40.0 Å². The summed E-state index contributed by atoms with van der Waals surface area (Å²) in [6.45, 7) is 3.82. The van der Waals surface area contributed by atoms with E-state index in [0.29, 0.717) is 25.2 Å². The second-order valence-corrected chi connectivity index (χ2v) is 5.10. The number of hydrogen-bond acceptors (Lipinski definition) is 4. The zero-order valence-electron chi connectivity index (χ0n) is 11.2. The maximum absolute atomic E-state index is 12.0. The van der Waals surface area contributed by atoms with Crippen LogP contribution in [0.25, 0.3) is 0 Å². The van der Waals surface area contributed by atoms with E-state index in [2.05, 4.69) is 5.32 Å². The summed E-state index contributed by atoms with van der Waals surface area (Å²) < 4.78 is 10.1. The highest BCUT2D eigenvalue weighted by atomic mass is 16.6. The summed E-state index contributed by atoms with van der Waals surface area (Å²) in [6, 6.07) is 0.391. The number of rotatable bonds is 4. The van der Waals surface area contributed by atoms with Gasteiger partial charge < -0.3 is 19.7 Å². The van der Waals surface area contributed by atoms with Gasteiger partial charge in [-0.2, -0.15) is 0 Å². The quantitative estimate of drug-likeness (QED) is 0.769. The van der Waals surface area contributed by atoms with Crippen molar-refractivity contribution in [3.8, 4) is 0 Å². The lowest BCUT2D eigenvalue weighted by Crippen LogP contribution is -2.44. The van der Waals surface area contributed by atoms with E-state index in [1.807, 2.05) is 4.90 Å². The Labute approximate surface area is 109 Å². The van der Waals surface area contributed by atoms with Gasteiger partial charge in [-0.3, -0.25) is 0 Å². The predicted octanol–water partition coefficient (Wildman–Crippen LogP) is 1.23. The Kier molecular flexibility index (Phi) is 5.26.